The van der Waals surface area contributed by atoms with E-state index in [9.17, 15) is 18.4 Å². The van der Waals surface area contributed by atoms with E-state index in [1.165, 1.54) is 12.2 Å². The van der Waals surface area contributed by atoms with E-state index < -0.39 is 10.8 Å². The van der Waals surface area contributed by atoms with E-state index in [1.807, 2.05) is 19.9 Å². The van der Waals surface area contributed by atoms with Crippen LogP contribution in [0.3, 0.4) is 0 Å². The van der Waals surface area contributed by atoms with Gasteiger partial charge in [-0.1, -0.05) is 19.9 Å². The summed E-state index contributed by atoms with van der Waals surface area (Å²) in [4.78, 5) is 24.4. The lowest BCUT2D eigenvalue weighted by molar-refractivity contribution is -0.130. The molecule has 0 unspecified atom stereocenters. The molecule has 0 aliphatic heterocycles. The Balaban J connectivity index is 1.91. The van der Waals surface area contributed by atoms with Crippen molar-refractivity contribution in [1.29, 1.82) is 0 Å². The number of hydrogen-bond acceptors (Lipinski definition) is 2. The third kappa shape index (κ3) is 2.00. The van der Waals surface area contributed by atoms with Crippen LogP contribution in [0.2, 0.25) is 0 Å². The molecule has 0 spiro atoms. The van der Waals surface area contributed by atoms with Gasteiger partial charge in [-0.15, -0.1) is 0 Å². The first kappa shape index (κ1) is 16.6. The molecule has 0 heterocycles. The zero-order valence-electron chi connectivity index (χ0n) is 14.5. The Morgan fingerprint density at radius 1 is 1.12 bits per heavy atom. The van der Waals surface area contributed by atoms with Gasteiger partial charge in [0.05, 0.1) is 12.7 Å². The Bertz CT molecular complexity index is 788. The fraction of sp³-hybridized carbons (Fsp3) is 0.524. The molecule has 0 N–H and O–H groups in total. The molecule has 0 aromatic heterocycles. The largest absolute Gasteiger partial charge is 0.299 e. The minimum atomic E-state index is -0.504. The molecule has 3 fully saturated rings. The lowest BCUT2D eigenvalue weighted by Crippen LogP contribution is -2.51. The molecule has 0 amide bonds. The monoisotopic (exact) mass is 344 g/mol. The molecule has 3 saturated carbocycles. The molecule has 0 saturated heterocycles. The van der Waals surface area contributed by atoms with Crippen molar-refractivity contribution < 1.29 is 18.4 Å². The van der Waals surface area contributed by atoms with Gasteiger partial charge in [-0.3, -0.25) is 9.59 Å². The molecule has 4 heteroatoms. The quantitative estimate of drug-likeness (QED) is 0.633. The highest BCUT2D eigenvalue weighted by Gasteiger charge is 2.60. The maximum atomic E-state index is 14.0. The van der Waals surface area contributed by atoms with Crippen LogP contribution in [0.25, 0.3) is 0 Å². The van der Waals surface area contributed by atoms with Gasteiger partial charge in [0.2, 0.25) is 0 Å². The van der Waals surface area contributed by atoms with Gasteiger partial charge in [-0.2, -0.15) is 0 Å². The maximum absolute atomic E-state index is 14.0. The number of ketones is 2. The van der Waals surface area contributed by atoms with Crippen LogP contribution < -0.4 is 0 Å². The van der Waals surface area contributed by atoms with E-state index in [1.54, 1.807) is 0 Å². The average Bonchev–Trinajstić information content (AvgIpc) is 2.90. The molecule has 4 aliphatic carbocycles. The molecule has 0 aromatic rings. The van der Waals surface area contributed by atoms with Crippen molar-refractivity contribution in [2.75, 3.05) is 0 Å². The third-order valence-corrected chi connectivity index (χ3v) is 7.40. The van der Waals surface area contributed by atoms with Gasteiger partial charge < -0.3 is 0 Å². The summed E-state index contributed by atoms with van der Waals surface area (Å²) in [5.74, 6) is -0.0453. The molecule has 0 bridgehead atoms. The number of carbonyl (C=O) groups excluding carboxylic acids is 2. The summed E-state index contributed by atoms with van der Waals surface area (Å²) in [6.07, 6.45) is 8.57. The summed E-state index contributed by atoms with van der Waals surface area (Å²) in [6.45, 7) is 4.00. The van der Waals surface area contributed by atoms with Gasteiger partial charge in [0.15, 0.2) is 5.78 Å². The average molecular weight is 344 g/mol. The maximum Gasteiger partial charge on any atom is 0.178 e. The summed E-state index contributed by atoms with van der Waals surface area (Å²) in [5.41, 5.74) is 0.136. The van der Waals surface area contributed by atoms with E-state index in [0.29, 0.717) is 30.2 Å². The molecule has 132 valence electrons. The molecule has 4 aliphatic rings. The third-order valence-electron chi connectivity index (χ3n) is 7.40. The van der Waals surface area contributed by atoms with Gasteiger partial charge in [-0.25, -0.2) is 8.78 Å². The van der Waals surface area contributed by atoms with Crippen LogP contribution in [0.4, 0.5) is 8.78 Å². The summed E-state index contributed by atoms with van der Waals surface area (Å²) < 4.78 is 27.8. The minimum absolute atomic E-state index is 0.0279. The Morgan fingerprint density at radius 2 is 1.88 bits per heavy atom. The fourth-order valence-electron chi connectivity index (χ4n) is 5.99. The minimum Gasteiger partial charge on any atom is -0.299 e. The van der Waals surface area contributed by atoms with E-state index in [2.05, 4.69) is 0 Å². The smallest absolute Gasteiger partial charge is 0.178 e. The topological polar surface area (TPSA) is 34.1 Å². The fourth-order valence-corrected chi connectivity index (χ4v) is 5.99. The van der Waals surface area contributed by atoms with Crippen LogP contribution in [0.1, 0.15) is 39.5 Å². The van der Waals surface area contributed by atoms with Crippen LogP contribution in [0, 0.1) is 28.6 Å². The van der Waals surface area contributed by atoms with Crippen LogP contribution in [0.15, 0.2) is 47.6 Å². The van der Waals surface area contributed by atoms with Crippen LogP contribution in [-0.4, -0.2) is 11.6 Å². The van der Waals surface area contributed by atoms with Gasteiger partial charge >= 0.3 is 0 Å². The van der Waals surface area contributed by atoms with Crippen molar-refractivity contribution in [3.8, 4) is 0 Å². The first-order valence-corrected chi connectivity index (χ1v) is 8.97. The second-order valence-electron chi connectivity index (χ2n) is 8.32. The van der Waals surface area contributed by atoms with Crippen LogP contribution in [0.5, 0.6) is 0 Å². The second kappa shape index (κ2) is 5.33. The lowest BCUT2D eigenvalue weighted by atomic mass is 9.46. The predicted molar refractivity (Wildman–Crippen MR) is 90.8 cm³/mol. The first-order valence-electron chi connectivity index (χ1n) is 8.97. The Labute approximate surface area is 146 Å². The molecule has 0 radical (unpaired) electrons. The van der Waals surface area contributed by atoms with Crippen molar-refractivity contribution in [2.45, 2.75) is 39.5 Å². The lowest BCUT2D eigenvalue weighted by Gasteiger charge is -2.56. The molecule has 0 aromatic carbocycles. The van der Waals surface area contributed by atoms with Crippen LogP contribution in [-0.2, 0) is 9.59 Å². The number of rotatable bonds is 0. The highest BCUT2D eigenvalue weighted by atomic mass is 19.1. The normalized spacial score (nSPS) is 46.1. The summed E-state index contributed by atoms with van der Waals surface area (Å²) in [6, 6.07) is 0. The van der Waals surface area contributed by atoms with Gasteiger partial charge in [0.25, 0.3) is 0 Å². The Morgan fingerprint density at radius 3 is 2.56 bits per heavy atom. The van der Waals surface area contributed by atoms with E-state index >= 15 is 0 Å². The number of allylic oxidation sites excluding steroid dienone is 6. The van der Waals surface area contributed by atoms with Gasteiger partial charge in [0.1, 0.15) is 5.78 Å². The molecule has 2 nitrogen and oxygen atoms in total. The van der Waals surface area contributed by atoms with E-state index in [4.69, 9.17) is 0 Å². The summed E-state index contributed by atoms with van der Waals surface area (Å²) in [7, 11) is 0. The Hall–Kier alpha value is -1.84. The zero-order chi connectivity index (χ0) is 18.0. The number of hydrogen-bond donors (Lipinski definition) is 0. The summed E-state index contributed by atoms with van der Waals surface area (Å²) >= 11 is 0. The van der Waals surface area contributed by atoms with Crippen molar-refractivity contribution in [1.82, 2.24) is 0 Å². The number of halogens is 2. The van der Waals surface area contributed by atoms with Crippen molar-refractivity contribution in [2.24, 2.45) is 28.6 Å². The molecule has 25 heavy (non-hydrogen) atoms. The first-order chi connectivity index (χ1) is 11.9. The van der Waals surface area contributed by atoms with Crippen molar-refractivity contribution in [3.05, 3.63) is 47.6 Å². The number of fused-ring (bicyclic) bond motifs is 5. The predicted octanol–water partition coefficient (Wildman–Crippen LogP) is 4.79. The molecular weight excluding hydrogens is 322 g/mol. The molecule has 4 rings (SSSR count). The van der Waals surface area contributed by atoms with Crippen LogP contribution >= 0.6 is 0 Å². The zero-order valence-corrected chi connectivity index (χ0v) is 14.5. The number of Topliss-reactive ketones (excluding diaryl/α,β-unsaturated/α-hetero) is 1. The molecular formula is C21H22F2O2. The van der Waals surface area contributed by atoms with Crippen molar-refractivity contribution in [3.63, 3.8) is 0 Å². The number of carbonyl (C=O) groups is 2. The Kier molecular flexibility index (Phi) is 3.54. The summed E-state index contributed by atoms with van der Waals surface area (Å²) in [5, 5.41) is 0. The van der Waals surface area contributed by atoms with Gasteiger partial charge in [0, 0.05) is 22.8 Å². The second-order valence-corrected chi connectivity index (χ2v) is 8.32. The SMILES string of the molecule is C[C@]12C=CC(=O)C=C1C(=C/F)/C(=C/F)[C@@H]1[C@@H]2CC[C@]2(C)C(=O)CC[C@@H]12. The highest BCUT2D eigenvalue weighted by molar-refractivity contribution is 6.02. The van der Waals surface area contributed by atoms with Crippen molar-refractivity contribution >= 4 is 11.6 Å². The highest BCUT2D eigenvalue weighted by Crippen LogP contribution is 2.66. The van der Waals surface area contributed by atoms with E-state index in [-0.39, 0.29) is 34.9 Å². The molecule has 5 atom stereocenters. The van der Waals surface area contributed by atoms with E-state index in [0.717, 1.165) is 19.3 Å². The van der Waals surface area contributed by atoms with Gasteiger partial charge in [-0.05, 0) is 60.3 Å². The standard InChI is InChI=1S/C21H22F2O2/c1-20-7-5-12(24)9-17(20)13(10-22)14(11-23)19-15-3-4-18(25)21(15,2)8-6-16(19)20/h5,7,9-11,15-16,19H,3-4,6,8H2,1-2H3/b13-10+,14-11-/t15-,16-,19-,20+,21-/m0/s1.